The van der Waals surface area contributed by atoms with E-state index in [4.69, 9.17) is 4.74 Å². The van der Waals surface area contributed by atoms with Crippen molar-refractivity contribution < 1.29 is 9.53 Å². The van der Waals surface area contributed by atoms with E-state index in [-0.39, 0.29) is 11.4 Å². The Bertz CT molecular complexity index is 461. The highest BCUT2D eigenvalue weighted by Gasteiger charge is 2.44. The van der Waals surface area contributed by atoms with E-state index < -0.39 is 0 Å². The monoisotopic (exact) mass is 390 g/mol. The highest BCUT2D eigenvalue weighted by molar-refractivity contribution is 5.76. The van der Waals surface area contributed by atoms with E-state index in [1.165, 1.54) is 83.5 Å². The second-order valence-electron chi connectivity index (χ2n) is 10.8. The quantitative estimate of drug-likeness (QED) is 0.419. The highest BCUT2D eigenvalue weighted by atomic mass is 16.5. The summed E-state index contributed by atoms with van der Waals surface area (Å²) in [4.78, 5) is 12.8. The molecule has 3 rings (SSSR count). The zero-order valence-corrected chi connectivity index (χ0v) is 19.0. The van der Waals surface area contributed by atoms with Crippen molar-refractivity contribution in [1.82, 2.24) is 0 Å². The van der Waals surface area contributed by atoms with Crippen LogP contribution in [0.3, 0.4) is 0 Å². The van der Waals surface area contributed by atoms with Crippen LogP contribution >= 0.6 is 0 Å². The number of carbonyl (C=O) groups is 1. The topological polar surface area (TPSA) is 26.3 Å². The van der Waals surface area contributed by atoms with Crippen LogP contribution in [0.2, 0.25) is 0 Å². The van der Waals surface area contributed by atoms with Gasteiger partial charge in [0.25, 0.3) is 0 Å². The molecule has 2 heteroatoms. The summed E-state index contributed by atoms with van der Waals surface area (Å²) < 4.78 is 5.34. The molecule has 0 aromatic rings. The molecular formula is C26H46O2. The van der Waals surface area contributed by atoms with Gasteiger partial charge in [0, 0.05) is 0 Å². The Balaban J connectivity index is 1.49. The van der Waals surface area contributed by atoms with Crippen molar-refractivity contribution in [2.45, 2.75) is 117 Å². The van der Waals surface area contributed by atoms with Crippen molar-refractivity contribution in [1.29, 1.82) is 0 Å². The Kier molecular flexibility index (Phi) is 8.30. The van der Waals surface area contributed by atoms with Crippen molar-refractivity contribution >= 4 is 5.97 Å². The van der Waals surface area contributed by atoms with Gasteiger partial charge in [-0.3, -0.25) is 4.79 Å². The Morgan fingerprint density at radius 2 is 1.36 bits per heavy atom. The second-order valence-corrected chi connectivity index (χ2v) is 10.8. The van der Waals surface area contributed by atoms with Gasteiger partial charge in [0.2, 0.25) is 0 Å². The summed E-state index contributed by atoms with van der Waals surface area (Å²) in [5, 5.41) is 0. The van der Waals surface area contributed by atoms with Gasteiger partial charge in [0.1, 0.15) is 0 Å². The number of methoxy groups -OCH3 is 1. The van der Waals surface area contributed by atoms with Gasteiger partial charge in [-0.25, -0.2) is 0 Å². The van der Waals surface area contributed by atoms with E-state index in [0.717, 1.165) is 48.9 Å². The number of hydrogen-bond donors (Lipinski definition) is 0. The first-order valence-corrected chi connectivity index (χ1v) is 12.6. The third-order valence-corrected chi connectivity index (χ3v) is 9.03. The van der Waals surface area contributed by atoms with Crippen LogP contribution in [0.5, 0.6) is 0 Å². The summed E-state index contributed by atoms with van der Waals surface area (Å²) in [6, 6.07) is 0. The lowest BCUT2D eigenvalue weighted by Gasteiger charge is -2.42. The number of esters is 1. The molecule has 3 aliphatic carbocycles. The molecule has 0 atom stereocenters. The molecule has 162 valence electrons. The third kappa shape index (κ3) is 5.54. The minimum Gasteiger partial charge on any atom is -0.469 e. The van der Waals surface area contributed by atoms with Gasteiger partial charge in [-0.1, -0.05) is 65.2 Å². The Morgan fingerprint density at radius 1 is 0.821 bits per heavy atom. The standard InChI is InChI=1S/C26H46O2/c1-4-5-21-8-10-22(11-9-21)14-17-26(25(27)28-3)18-15-24(16-19-26)23-12-6-20(2)7-13-23/h20-24H,4-19H2,1-3H3/t20?,21-,22-,23?,24?,26?. The predicted octanol–water partition coefficient (Wildman–Crippen LogP) is 7.55. The van der Waals surface area contributed by atoms with Crippen LogP contribution in [0.25, 0.3) is 0 Å². The largest absolute Gasteiger partial charge is 0.469 e. The van der Waals surface area contributed by atoms with E-state index in [2.05, 4.69) is 13.8 Å². The van der Waals surface area contributed by atoms with E-state index in [1.807, 2.05) is 0 Å². The summed E-state index contributed by atoms with van der Waals surface area (Å²) >= 11 is 0. The van der Waals surface area contributed by atoms with Gasteiger partial charge in [0.15, 0.2) is 0 Å². The highest BCUT2D eigenvalue weighted by Crippen LogP contribution is 2.49. The summed E-state index contributed by atoms with van der Waals surface area (Å²) in [6.45, 7) is 4.73. The van der Waals surface area contributed by atoms with E-state index >= 15 is 0 Å². The Hall–Kier alpha value is -0.530. The smallest absolute Gasteiger partial charge is 0.311 e. The fourth-order valence-corrected chi connectivity index (χ4v) is 6.89. The Labute approximate surface area is 174 Å². The molecular weight excluding hydrogens is 344 g/mol. The first kappa shape index (κ1) is 22.2. The maximum atomic E-state index is 12.8. The molecule has 0 aliphatic heterocycles. The normalized spacial score (nSPS) is 39.5. The molecule has 3 fully saturated rings. The van der Waals surface area contributed by atoms with E-state index in [9.17, 15) is 4.79 Å². The van der Waals surface area contributed by atoms with E-state index in [1.54, 1.807) is 7.11 Å². The number of hydrogen-bond acceptors (Lipinski definition) is 2. The van der Waals surface area contributed by atoms with Gasteiger partial charge in [0.05, 0.1) is 12.5 Å². The van der Waals surface area contributed by atoms with Crippen LogP contribution in [0.15, 0.2) is 0 Å². The van der Waals surface area contributed by atoms with Gasteiger partial charge in [-0.05, 0) is 81.0 Å². The molecule has 0 bridgehead atoms. The van der Waals surface area contributed by atoms with Crippen molar-refractivity contribution in [3.8, 4) is 0 Å². The third-order valence-electron chi connectivity index (χ3n) is 9.03. The van der Waals surface area contributed by atoms with Crippen molar-refractivity contribution in [3.63, 3.8) is 0 Å². The average molecular weight is 391 g/mol. The molecule has 0 aromatic carbocycles. The molecule has 3 saturated carbocycles. The zero-order chi connectivity index (χ0) is 20.0. The summed E-state index contributed by atoms with van der Waals surface area (Å²) in [6.07, 6.45) is 21.1. The van der Waals surface area contributed by atoms with Crippen LogP contribution in [0, 0.1) is 35.0 Å². The van der Waals surface area contributed by atoms with Crippen LogP contribution in [0.1, 0.15) is 117 Å². The number of ether oxygens (including phenoxy) is 1. The molecule has 0 radical (unpaired) electrons. The molecule has 0 spiro atoms. The Morgan fingerprint density at radius 3 is 1.89 bits per heavy atom. The minimum atomic E-state index is -0.159. The molecule has 0 heterocycles. The maximum absolute atomic E-state index is 12.8. The molecule has 28 heavy (non-hydrogen) atoms. The lowest BCUT2D eigenvalue weighted by molar-refractivity contribution is -0.157. The maximum Gasteiger partial charge on any atom is 0.311 e. The fraction of sp³-hybridized carbons (Fsp3) is 0.962. The first-order valence-electron chi connectivity index (χ1n) is 12.6. The molecule has 2 nitrogen and oxygen atoms in total. The van der Waals surface area contributed by atoms with Gasteiger partial charge >= 0.3 is 5.97 Å². The molecule has 3 aliphatic rings. The summed E-state index contributed by atoms with van der Waals surface area (Å²) in [7, 11) is 1.61. The summed E-state index contributed by atoms with van der Waals surface area (Å²) in [5.41, 5.74) is -0.159. The van der Waals surface area contributed by atoms with Crippen molar-refractivity contribution in [2.75, 3.05) is 7.11 Å². The minimum absolute atomic E-state index is 0.0999. The van der Waals surface area contributed by atoms with Crippen LogP contribution < -0.4 is 0 Å². The molecule has 0 amide bonds. The second kappa shape index (κ2) is 10.5. The van der Waals surface area contributed by atoms with Crippen LogP contribution in [0.4, 0.5) is 0 Å². The van der Waals surface area contributed by atoms with E-state index in [0.29, 0.717) is 0 Å². The molecule has 0 unspecified atom stereocenters. The van der Waals surface area contributed by atoms with Crippen LogP contribution in [-0.2, 0) is 9.53 Å². The number of rotatable bonds is 7. The predicted molar refractivity (Wildman–Crippen MR) is 117 cm³/mol. The zero-order valence-electron chi connectivity index (χ0n) is 19.0. The van der Waals surface area contributed by atoms with Gasteiger partial charge < -0.3 is 4.74 Å². The van der Waals surface area contributed by atoms with Crippen LogP contribution in [-0.4, -0.2) is 13.1 Å². The van der Waals surface area contributed by atoms with Crippen molar-refractivity contribution in [2.24, 2.45) is 35.0 Å². The number of carbonyl (C=O) groups excluding carboxylic acids is 1. The average Bonchev–Trinajstić information content (AvgIpc) is 2.74. The SMILES string of the molecule is CCC[C@H]1CC[C@H](CCC2(C(=O)OC)CCC(C3CCC(C)CC3)CC2)CC1. The lowest BCUT2D eigenvalue weighted by atomic mass is 9.62. The first-order chi connectivity index (χ1) is 13.6. The summed E-state index contributed by atoms with van der Waals surface area (Å²) in [5.74, 6) is 4.66. The molecule has 0 aromatic heterocycles. The van der Waals surface area contributed by atoms with Gasteiger partial charge in [-0.2, -0.15) is 0 Å². The fourth-order valence-electron chi connectivity index (χ4n) is 6.89. The lowest BCUT2D eigenvalue weighted by Crippen LogP contribution is -2.38. The molecule has 0 saturated heterocycles. The molecule has 0 N–H and O–H groups in total. The van der Waals surface area contributed by atoms with Gasteiger partial charge in [-0.15, -0.1) is 0 Å². The van der Waals surface area contributed by atoms with Crippen molar-refractivity contribution in [3.05, 3.63) is 0 Å².